The average molecular weight is 421 g/mol. The molecular weight excluding hydrogens is 402 g/mol. The molecule has 0 atom stereocenters. The lowest BCUT2D eigenvalue weighted by atomic mass is 10.1. The average Bonchev–Trinajstić information content (AvgIpc) is 3.43. The predicted molar refractivity (Wildman–Crippen MR) is 113 cm³/mol. The van der Waals surface area contributed by atoms with Gasteiger partial charge in [-0.25, -0.2) is 0 Å². The summed E-state index contributed by atoms with van der Waals surface area (Å²) < 4.78 is 12.5. The monoisotopic (exact) mass is 421 g/mol. The largest absolute Gasteiger partial charge is 0.508 e. The van der Waals surface area contributed by atoms with E-state index >= 15 is 0 Å². The number of carbonyl (C=O) groups excluding carboxylic acids is 1. The van der Waals surface area contributed by atoms with Crippen molar-refractivity contribution in [1.82, 2.24) is 14.8 Å². The van der Waals surface area contributed by atoms with Gasteiger partial charge in [-0.05, 0) is 60.7 Å². The van der Waals surface area contributed by atoms with E-state index in [0.717, 1.165) is 11.3 Å². The van der Waals surface area contributed by atoms with Gasteiger partial charge in [-0.15, -0.1) is 10.2 Å². The Morgan fingerprint density at radius 1 is 1.10 bits per heavy atom. The predicted octanol–water partition coefficient (Wildman–Crippen LogP) is 4.28. The molecule has 30 heavy (non-hydrogen) atoms. The minimum atomic E-state index is -0.0126. The number of thioether (sulfide) groups is 1. The number of nitrogens with zero attached hydrogens (tertiary/aromatic N) is 3. The van der Waals surface area contributed by atoms with E-state index in [2.05, 4.69) is 10.2 Å². The van der Waals surface area contributed by atoms with Gasteiger partial charge < -0.3 is 14.3 Å². The molecular formula is C22H19N3O4S. The standard InChI is InChI=1S/C22H19N3O4S/c1-28-18-10-6-15(7-11-18)20(27)14-30-22-24-23-21(16-4-8-17(26)9-5-16)25(22)13-19-3-2-12-29-19/h2-12,26H,13-14H2,1H3. The zero-order valence-corrected chi connectivity index (χ0v) is 17.0. The molecule has 8 heteroatoms. The Morgan fingerprint density at radius 2 is 1.87 bits per heavy atom. The first-order valence-electron chi connectivity index (χ1n) is 9.19. The Labute approximate surface area is 177 Å². The minimum Gasteiger partial charge on any atom is -0.508 e. The van der Waals surface area contributed by atoms with Crippen molar-refractivity contribution in [2.45, 2.75) is 11.7 Å². The molecule has 0 aliphatic heterocycles. The van der Waals surface area contributed by atoms with Crippen LogP contribution in [0.25, 0.3) is 11.4 Å². The van der Waals surface area contributed by atoms with Crippen LogP contribution in [-0.2, 0) is 6.54 Å². The molecule has 0 amide bonds. The van der Waals surface area contributed by atoms with Crippen LogP contribution in [0.1, 0.15) is 16.1 Å². The Kier molecular flexibility index (Phi) is 5.85. The molecule has 0 aliphatic carbocycles. The first-order valence-corrected chi connectivity index (χ1v) is 10.2. The lowest BCUT2D eigenvalue weighted by molar-refractivity contribution is 0.102. The molecule has 152 valence electrons. The van der Waals surface area contributed by atoms with Crippen molar-refractivity contribution in [2.75, 3.05) is 12.9 Å². The van der Waals surface area contributed by atoms with Gasteiger partial charge in [-0.2, -0.15) is 0 Å². The quantitative estimate of drug-likeness (QED) is 0.335. The normalized spacial score (nSPS) is 10.8. The number of ketones is 1. The van der Waals surface area contributed by atoms with Crippen molar-refractivity contribution in [3.63, 3.8) is 0 Å². The summed E-state index contributed by atoms with van der Waals surface area (Å²) in [6.07, 6.45) is 1.61. The number of ether oxygens (including phenoxy) is 1. The van der Waals surface area contributed by atoms with E-state index in [1.165, 1.54) is 11.8 Å². The fraction of sp³-hybridized carbons (Fsp3) is 0.136. The fourth-order valence-corrected chi connectivity index (χ4v) is 3.74. The molecule has 0 bridgehead atoms. The number of methoxy groups -OCH3 is 1. The maximum absolute atomic E-state index is 12.6. The molecule has 7 nitrogen and oxygen atoms in total. The minimum absolute atomic E-state index is 0.0126. The molecule has 2 aromatic heterocycles. The van der Waals surface area contributed by atoms with Gasteiger partial charge in [0.05, 0.1) is 25.7 Å². The van der Waals surface area contributed by atoms with E-state index in [1.54, 1.807) is 61.9 Å². The van der Waals surface area contributed by atoms with Crippen LogP contribution >= 0.6 is 11.8 Å². The van der Waals surface area contributed by atoms with Crippen molar-refractivity contribution < 1.29 is 19.1 Å². The van der Waals surface area contributed by atoms with E-state index < -0.39 is 0 Å². The van der Waals surface area contributed by atoms with E-state index in [9.17, 15) is 9.90 Å². The van der Waals surface area contributed by atoms with Crippen LogP contribution in [0.4, 0.5) is 0 Å². The number of phenolic OH excluding ortho intramolecular Hbond substituents is 1. The van der Waals surface area contributed by atoms with Crippen LogP contribution in [0, 0.1) is 0 Å². The molecule has 1 N–H and O–H groups in total. The Balaban J connectivity index is 1.57. The van der Waals surface area contributed by atoms with Gasteiger partial charge in [0.25, 0.3) is 0 Å². The van der Waals surface area contributed by atoms with E-state index in [1.807, 2.05) is 16.7 Å². The summed E-state index contributed by atoms with van der Waals surface area (Å²) >= 11 is 1.32. The van der Waals surface area contributed by atoms with Crippen LogP contribution in [0.2, 0.25) is 0 Å². The third-order valence-electron chi connectivity index (χ3n) is 4.48. The number of carbonyl (C=O) groups is 1. The van der Waals surface area contributed by atoms with Crippen LogP contribution in [-0.4, -0.2) is 38.5 Å². The number of hydrogen-bond acceptors (Lipinski definition) is 7. The zero-order chi connectivity index (χ0) is 20.9. The van der Waals surface area contributed by atoms with Gasteiger partial charge in [0.15, 0.2) is 16.8 Å². The summed E-state index contributed by atoms with van der Waals surface area (Å²) in [6, 6.07) is 17.5. The molecule has 0 fully saturated rings. The van der Waals surface area contributed by atoms with Gasteiger partial charge >= 0.3 is 0 Å². The molecule has 0 radical (unpaired) electrons. The second-order valence-electron chi connectivity index (χ2n) is 6.46. The van der Waals surface area contributed by atoms with Crippen molar-refractivity contribution in [3.05, 3.63) is 78.3 Å². The topological polar surface area (TPSA) is 90.4 Å². The second-order valence-corrected chi connectivity index (χ2v) is 7.40. The second kappa shape index (κ2) is 8.87. The third-order valence-corrected chi connectivity index (χ3v) is 5.45. The summed E-state index contributed by atoms with van der Waals surface area (Å²) in [6.45, 7) is 0.426. The van der Waals surface area contributed by atoms with Crippen LogP contribution in [0.15, 0.2) is 76.5 Å². The third kappa shape index (κ3) is 4.38. The van der Waals surface area contributed by atoms with Gasteiger partial charge in [-0.3, -0.25) is 9.36 Å². The maximum Gasteiger partial charge on any atom is 0.192 e. The number of aromatic nitrogens is 3. The number of phenols is 1. The summed E-state index contributed by atoms with van der Waals surface area (Å²) in [5.41, 5.74) is 1.42. The Morgan fingerprint density at radius 3 is 2.53 bits per heavy atom. The number of furan rings is 1. The van der Waals surface area contributed by atoms with Crippen molar-refractivity contribution >= 4 is 17.5 Å². The zero-order valence-electron chi connectivity index (χ0n) is 16.2. The highest BCUT2D eigenvalue weighted by Gasteiger charge is 2.17. The first-order chi connectivity index (χ1) is 14.6. The number of Topliss-reactive ketones (excluding diaryl/α,β-unsaturated/α-hetero) is 1. The molecule has 0 saturated carbocycles. The Bertz CT molecular complexity index is 1120. The lowest BCUT2D eigenvalue weighted by Gasteiger charge is -2.09. The summed E-state index contributed by atoms with van der Waals surface area (Å²) in [5, 5.41) is 18.8. The van der Waals surface area contributed by atoms with Gasteiger partial charge in [0, 0.05) is 11.1 Å². The fourth-order valence-electron chi connectivity index (χ4n) is 2.91. The van der Waals surface area contributed by atoms with E-state index in [4.69, 9.17) is 9.15 Å². The maximum atomic E-state index is 12.6. The highest BCUT2D eigenvalue weighted by molar-refractivity contribution is 7.99. The molecule has 4 rings (SSSR count). The highest BCUT2D eigenvalue weighted by Crippen LogP contribution is 2.27. The summed E-state index contributed by atoms with van der Waals surface area (Å²) in [7, 11) is 1.59. The van der Waals surface area contributed by atoms with Gasteiger partial charge in [-0.1, -0.05) is 11.8 Å². The van der Waals surface area contributed by atoms with Crippen LogP contribution < -0.4 is 4.74 Å². The van der Waals surface area contributed by atoms with Gasteiger partial charge in [0.2, 0.25) is 0 Å². The molecule has 2 aromatic carbocycles. The molecule has 0 unspecified atom stereocenters. The van der Waals surface area contributed by atoms with Crippen molar-refractivity contribution in [2.24, 2.45) is 0 Å². The Hall–Kier alpha value is -3.52. The number of aromatic hydroxyl groups is 1. The highest BCUT2D eigenvalue weighted by atomic mass is 32.2. The molecule has 0 aliphatic rings. The first kappa shape index (κ1) is 19.8. The van der Waals surface area contributed by atoms with Crippen LogP contribution in [0.3, 0.4) is 0 Å². The van der Waals surface area contributed by atoms with Gasteiger partial charge in [0.1, 0.15) is 17.3 Å². The number of hydrogen-bond donors (Lipinski definition) is 1. The van der Waals surface area contributed by atoms with E-state index in [-0.39, 0.29) is 17.3 Å². The lowest BCUT2D eigenvalue weighted by Crippen LogP contribution is -2.06. The summed E-state index contributed by atoms with van der Waals surface area (Å²) in [4.78, 5) is 12.6. The summed E-state index contributed by atoms with van der Waals surface area (Å²) in [5.74, 6) is 2.47. The SMILES string of the molecule is COc1ccc(C(=O)CSc2nnc(-c3ccc(O)cc3)n2Cc2ccco2)cc1. The number of benzene rings is 2. The van der Waals surface area contributed by atoms with E-state index in [0.29, 0.717) is 28.8 Å². The molecule has 0 spiro atoms. The molecule has 4 aromatic rings. The van der Waals surface area contributed by atoms with Crippen molar-refractivity contribution in [1.29, 1.82) is 0 Å². The molecule has 0 saturated heterocycles. The molecule has 2 heterocycles. The van der Waals surface area contributed by atoms with Crippen molar-refractivity contribution in [3.8, 4) is 22.9 Å². The van der Waals surface area contributed by atoms with Crippen LogP contribution in [0.5, 0.6) is 11.5 Å². The number of rotatable bonds is 8. The smallest absolute Gasteiger partial charge is 0.192 e.